The monoisotopic (exact) mass is 429 g/mol. The summed E-state index contributed by atoms with van der Waals surface area (Å²) < 4.78 is 6.04. The lowest BCUT2D eigenvalue weighted by molar-refractivity contribution is 0.302. The molecule has 0 aliphatic rings. The predicted molar refractivity (Wildman–Crippen MR) is 139 cm³/mol. The number of ether oxygens (including phenoxy) is 1. The smallest absolute Gasteiger partial charge is 0.122 e. The van der Waals surface area contributed by atoms with Crippen LogP contribution in [0.25, 0.3) is 23.1 Å². The van der Waals surface area contributed by atoms with Crippen molar-refractivity contribution in [1.82, 2.24) is 4.98 Å². The van der Waals surface area contributed by atoms with Gasteiger partial charge < -0.3 is 4.74 Å². The van der Waals surface area contributed by atoms with Crippen molar-refractivity contribution in [2.45, 2.75) is 78.1 Å². The summed E-state index contributed by atoms with van der Waals surface area (Å²) in [6, 6.07) is 18.8. The van der Waals surface area contributed by atoms with E-state index in [2.05, 4.69) is 68.5 Å². The topological polar surface area (TPSA) is 22.1 Å². The second-order valence-electron chi connectivity index (χ2n) is 8.82. The van der Waals surface area contributed by atoms with Gasteiger partial charge in [0.15, 0.2) is 0 Å². The van der Waals surface area contributed by atoms with Crippen LogP contribution < -0.4 is 4.74 Å². The van der Waals surface area contributed by atoms with E-state index in [1.165, 1.54) is 74.3 Å². The van der Waals surface area contributed by atoms with E-state index in [9.17, 15) is 0 Å². The van der Waals surface area contributed by atoms with Crippen LogP contribution in [0.1, 0.15) is 88.0 Å². The van der Waals surface area contributed by atoms with Crippen LogP contribution in [0.3, 0.4) is 0 Å². The maximum atomic E-state index is 6.04. The fourth-order valence-electron chi connectivity index (χ4n) is 4.07. The van der Waals surface area contributed by atoms with Crippen molar-refractivity contribution in [3.8, 4) is 5.75 Å². The summed E-state index contributed by atoms with van der Waals surface area (Å²) in [6.07, 6.45) is 17.7. The van der Waals surface area contributed by atoms with Gasteiger partial charge in [-0.15, -0.1) is 0 Å². The summed E-state index contributed by atoms with van der Waals surface area (Å²) in [5.41, 5.74) is 4.36. The molecule has 0 unspecified atom stereocenters. The molecule has 0 saturated heterocycles. The van der Waals surface area contributed by atoms with E-state index in [4.69, 9.17) is 9.72 Å². The van der Waals surface area contributed by atoms with Crippen LogP contribution in [-0.2, 0) is 0 Å². The molecular formula is C30H39NO. The Morgan fingerprint density at radius 3 is 2.22 bits per heavy atom. The molecule has 170 valence electrons. The minimum absolute atomic E-state index is 0.813. The summed E-state index contributed by atoms with van der Waals surface area (Å²) in [6.45, 7) is 5.22. The number of fused-ring (bicyclic) bond motifs is 1. The lowest BCUT2D eigenvalue weighted by Gasteiger charge is -2.10. The molecule has 3 rings (SSSR count). The molecule has 1 heterocycles. The molecule has 0 spiro atoms. The first-order valence-corrected chi connectivity index (χ1v) is 12.5. The molecule has 32 heavy (non-hydrogen) atoms. The molecule has 3 aromatic rings. The summed E-state index contributed by atoms with van der Waals surface area (Å²) in [5.74, 6) is 1.00. The molecule has 2 heteroatoms. The first kappa shape index (κ1) is 24.0. The number of para-hydroxylation sites is 1. The minimum atomic E-state index is 0.813. The number of rotatable bonds is 14. The van der Waals surface area contributed by atoms with Crippen molar-refractivity contribution in [1.29, 1.82) is 0 Å². The van der Waals surface area contributed by atoms with Crippen LogP contribution in [0, 0.1) is 6.92 Å². The first-order valence-electron chi connectivity index (χ1n) is 12.5. The number of hydrogen-bond acceptors (Lipinski definition) is 2. The first-order chi connectivity index (χ1) is 15.8. The number of aromatic nitrogens is 1. The molecule has 0 amide bonds. The Balaban J connectivity index is 1.37. The molecule has 0 atom stereocenters. The Bertz CT molecular complexity index is 975. The lowest BCUT2D eigenvalue weighted by Crippen LogP contribution is -1.99. The van der Waals surface area contributed by atoms with Gasteiger partial charge in [0.1, 0.15) is 5.75 Å². The van der Waals surface area contributed by atoms with Crippen LogP contribution >= 0.6 is 0 Å². The molecule has 0 aliphatic carbocycles. The van der Waals surface area contributed by atoms with E-state index in [0.717, 1.165) is 30.0 Å². The number of pyridine rings is 1. The minimum Gasteiger partial charge on any atom is -0.493 e. The van der Waals surface area contributed by atoms with Gasteiger partial charge in [0.25, 0.3) is 0 Å². The SMILES string of the molecule is CCCCCCCCCCCCOc1ccc(C=Cc2ccc3ccccc3n2)cc1C. The number of nitrogens with zero attached hydrogens (tertiary/aromatic N) is 1. The largest absolute Gasteiger partial charge is 0.493 e. The molecule has 2 aromatic carbocycles. The third-order valence-electron chi connectivity index (χ3n) is 6.02. The Labute approximate surface area is 194 Å². The van der Waals surface area contributed by atoms with Gasteiger partial charge >= 0.3 is 0 Å². The van der Waals surface area contributed by atoms with Gasteiger partial charge in [-0.2, -0.15) is 0 Å². The summed E-state index contributed by atoms with van der Waals surface area (Å²) in [5, 5.41) is 1.17. The number of aryl methyl sites for hydroxylation is 1. The normalized spacial score (nSPS) is 11.4. The molecule has 0 fully saturated rings. The fourth-order valence-corrected chi connectivity index (χ4v) is 4.07. The van der Waals surface area contributed by atoms with Crippen molar-refractivity contribution in [3.05, 3.63) is 71.4 Å². The summed E-state index contributed by atoms with van der Waals surface area (Å²) in [4.78, 5) is 4.71. The van der Waals surface area contributed by atoms with Gasteiger partial charge in [-0.05, 0) is 54.8 Å². The highest BCUT2D eigenvalue weighted by atomic mass is 16.5. The summed E-state index contributed by atoms with van der Waals surface area (Å²) in [7, 11) is 0. The highest BCUT2D eigenvalue weighted by Crippen LogP contribution is 2.21. The zero-order chi connectivity index (χ0) is 22.4. The fraction of sp³-hybridized carbons (Fsp3) is 0.433. The zero-order valence-electron chi connectivity index (χ0n) is 20.0. The van der Waals surface area contributed by atoms with Crippen LogP contribution in [-0.4, -0.2) is 11.6 Å². The molecule has 0 radical (unpaired) electrons. The van der Waals surface area contributed by atoms with Gasteiger partial charge in [-0.1, -0.05) is 101 Å². The maximum Gasteiger partial charge on any atom is 0.122 e. The lowest BCUT2D eigenvalue weighted by atomic mass is 10.1. The predicted octanol–water partition coefficient (Wildman–Crippen LogP) is 9.01. The molecule has 0 N–H and O–H groups in total. The summed E-state index contributed by atoms with van der Waals surface area (Å²) >= 11 is 0. The van der Waals surface area contributed by atoms with E-state index in [0.29, 0.717) is 0 Å². The average molecular weight is 430 g/mol. The molecule has 0 bridgehead atoms. The van der Waals surface area contributed by atoms with E-state index < -0.39 is 0 Å². The van der Waals surface area contributed by atoms with Crippen molar-refractivity contribution in [2.75, 3.05) is 6.61 Å². The average Bonchev–Trinajstić information content (AvgIpc) is 2.82. The van der Waals surface area contributed by atoms with Crippen molar-refractivity contribution >= 4 is 23.1 Å². The highest BCUT2D eigenvalue weighted by Gasteiger charge is 2.01. The standard InChI is InChI=1S/C30H39NO/c1-3-4-5-6-7-8-9-10-11-14-23-32-30-22-18-26(24-25(30)2)17-20-28-21-19-27-15-12-13-16-29(27)31-28/h12-13,15-22,24H,3-11,14,23H2,1-2H3. The van der Waals surface area contributed by atoms with Crippen molar-refractivity contribution < 1.29 is 4.74 Å². The molecule has 0 saturated carbocycles. The Morgan fingerprint density at radius 2 is 1.47 bits per heavy atom. The Hall–Kier alpha value is -2.61. The van der Waals surface area contributed by atoms with Crippen LogP contribution in [0.4, 0.5) is 0 Å². The zero-order valence-corrected chi connectivity index (χ0v) is 20.0. The van der Waals surface area contributed by atoms with Gasteiger partial charge in [0.2, 0.25) is 0 Å². The van der Waals surface area contributed by atoms with E-state index in [1.807, 2.05) is 12.1 Å². The van der Waals surface area contributed by atoms with Gasteiger partial charge in [0.05, 0.1) is 17.8 Å². The van der Waals surface area contributed by atoms with Crippen molar-refractivity contribution in [3.63, 3.8) is 0 Å². The van der Waals surface area contributed by atoms with E-state index in [1.54, 1.807) is 0 Å². The number of unbranched alkanes of at least 4 members (excludes halogenated alkanes) is 9. The van der Waals surface area contributed by atoms with Crippen LogP contribution in [0.5, 0.6) is 5.75 Å². The van der Waals surface area contributed by atoms with Crippen LogP contribution in [0.2, 0.25) is 0 Å². The third-order valence-corrected chi connectivity index (χ3v) is 6.02. The molecule has 1 aromatic heterocycles. The number of benzene rings is 2. The maximum absolute atomic E-state index is 6.04. The van der Waals surface area contributed by atoms with E-state index >= 15 is 0 Å². The van der Waals surface area contributed by atoms with Gasteiger partial charge in [0, 0.05) is 5.39 Å². The van der Waals surface area contributed by atoms with E-state index in [-0.39, 0.29) is 0 Å². The van der Waals surface area contributed by atoms with Crippen molar-refractivity contribution in [2.24, 2.45) is 0 Å². The van der Waals surface area contributed by atoms with Gasteiger partial charge in [-0.3, -0.25) is 0 Å². The molecule has 0 aliphatic heterocycles. The highest BCUT2D eigenvalue weighted by molar-refractivity contribution is 5.80. The van der Waals surface area contributed by atoms with Gasteiger partial charge in [-0.25, -0.2) is 4.98 Å². The van der Waals surface area contributed by atoms with Crippen LogP contribution in [0.15, 0.2) is 54.6 Å². The number of hydrogen-bond donors (Lipinski definition) is 0. The molecular weight excluding hydrogens is 390 g/mol. The second-order valence-corrected chi connectivity index (χ2v) is 8.82. The second kappa shape index (κ2) is 13.7. The quantitative estimate of drug-likeness (QED) is 0.238. The molecule has 2 nitrogen and oxygen atoms in total. The Morgan fingerprint density at radius 1 is 0.750 bits per heavy atom. The Kier molecular flexibility index (Phi) is 10.3. The third kappa shape index (κ3) is 8.15.